The second-order valence-electron chi connectivity index (χ2n) is 4.23. The molecule has 0 N–H and O–H groups in total. The van der Waals surface area contributed by atoms with Crippen LogP contribution in [0.15, 0.2) is 60.7 Å². The summed E-state index contributed by atoms with van der Waals surface area (Å²) in [5.74, 6) is 0.0173. The van der Waals surface area contributed by atoms with Gasteiger partial charge in [0.05, 0.1) is 5.88 Å². The number of benzene rings is 2. The maximum atomic E-state index is 6.83. The zero-order valence-corrected chi connectivity index (χ0v) is 13.0. The lowest BCUT2D eigenvalue weighted by Crippen LogP contribution is -2.41. The van der Waals surface area contributed by atoms with Crippen molar-refractivity contribution in [1.29, 1.82) is 0 Å². The van der Waals surface area contributed by atoms with Crippen molar-refractivity contribution >= 4 is 46.4 Å². The van der Waals surface area contributed by atoms with Gasteiger partial charge in [-0.25, -0.2) is 0 Å². The van der Waals surface area contributed by atoms with E-state index < -0.39 is 9.21 Å². The molecule has 0 bridgehead atoms. The van der Waals surface area contributed by atoms with Crippen LogP contribution in [0.5, 0.6) is 0 Å². The SMILES string of the molecule is ClCC(Cl)(Cl)C(Cl)(c1ccccc1)c1ccccc1. The Kier molecular flexibility index (Phi) is 4.68. The van der Waals surface area contributed by atoms with E-state index in [9.17, 15) is 0 Å². The molecular formula is C15H12Cl4. The van der Waals surface area contributed by atoms with Crippen molar-refractivity contribution < 1.29 is 0 Å². The summed E-state index contributed by atoms with van der Waals surface area (Å²) in [7, 11) is 0. The van der Waals surface area contributed by atoms with E-state index in [0.29, 0.717) is 0 Å². The molecule has 0 aliphatic heterocycles. The van der Waals surface area contributed by atoms with Crippen molar-refractivity contribution in [3.8, 4) is 0 Å². The molecule has 2 aromatic carbocycles. The van der Waals surface area contributed by atoms with Gasteiger partial charge in [0.15, 0.2) is 4.33 Å². The lowest BCUT2D eigenvalue weighted by molar-refractivity contribution is 0.657. The minimum absolute atomic E-state index is 0.0173. The van der Waals surface area contributed by atoms with Crippen LogP contribution in [0.3, 0.4) is 0 Å². The number of hydrogen-bond donors (Lipinski definition) is 0. The average Bonchev–Trinajstić information content (AvgIpc) is 2.48. The summed E-state index contributed by atoms with van der Waals surface area (Å²) in [6, 6.07) is 19.0. The Morgan fingerprint density at radius 1 is 0.684 bits per heavy atom. The van der Waals surface area contributed by atoms with Crippen LogP contribution < -0.4 is 0 Å². The number of rotatable bonds is 4. The third kappa shape index (κ3) is 2.73. The van der Waals surface area contributed by atoms with Crippen LogP contribution >= 0.6 is 46.4 Å². The number of alkyl halides is 4. The molecule has 0 aliphatic rings. The Hall–Kier alpha value is -0.400. The second-order valence-corrected chi connectivity index (χ2v) is 6.55. The first-order valence-corrected chi connectivity index (χ1v) is 7.43. The standard InChI is InChI=1S/C15H12Cl4/c16-11-14(17,18)15(19,12-7-3-1-4-8-12)13-9-5-2-6-10-13/h1-10H,11H2. The smallest absolute Gasteiger partial charge is 0.123 e. The van der Waals surface area contributed by atoms with E-state index >= 15 is 0 Å². The minimum atomic E-state index is -1.32. The summed E-state index contributed by atoms with van der Waals surface area (Å²) < 4.78 is -1.32. The van der Waals surface area contributed by atoms with Crippen molar-refractivity contribution in [3.05, 3.63) is 71.8 Å². The van der Waals surface area contributed by atoms with Crippen LogP contribution in [0, 0.1) is 0 Å². The third-order valence-electron chi connectivity index (χ3n) is 3.01. The molecule has 0 aromatic heterocycles. The lowest BCUT2D eigenvalue weighted by Gasteiger charge is -2.38. The monoisotopic (exact) mass is 332 g/mol. The Morgan fingerprint density at radius 2 is 1.05 bits per heavy atom. The van der Waals surface area contributed by atoms with Gasteiger partial charge in [-0.1, -0.05) is 83.9 Å². The van der Waals surface area contributed by atoms with E-state index in [1.165, 1.54) is 0 Å². The molecule has 0 heterocycles. The van der Waals surface area contributed by atoms with E-state index in [2.05, 4.69) is 0 Å². The van der Waals surface area contributed by atoms with Gasteiger partial charge in [0.25, 0.3) is 0 Å². The molecule has 0 unspecified atom stereocenters. The maximum Gasteiger partial charge on any atom is 0.158 e. The molecule has 0 atom stereocenters. The van der Waals surface area contributed by atoms with Crippen LogP contribution in [0.4, 0.5) is 0 Å². The fraction of sp³-hybridized carbons (Fsp3) is 0.200. The number of hydrogen-bond acceptors (Lipinski definition) is 0. The van der Waals surface area contributed by atoms with Crippen LogP contribution in [0.25, 0.3) is 0 Å². The summed E-state index contributed by atoms with van der Waals surface area (Å²) in [5, 5.41) is 0. The van der Waals surface area contributed by atoms with E-state index in [1.807, 2.05) is 60.7 Å². The molecule has 0 saturated carbocycles. The van der Waals surface area contributed by atoms with Gasteiger partial charge in [-0.15, -0.1) is 23.2 Å². The summed E-state index contributed by atoms with van der Waals surface area (Å²) >= 11 is 25.6. The molecule has 2 aromatic rings. The van der Waals surface area contributed by atoms with Crippen molar-refractivity contribution in [2.75, 3.05) is 5.88 Å². The predicted octanol–water partition coefficient (Wildman–Crippen LogP) is 5.58. The van der Waals surface area contributed by atoms with E-state index in [-0.39, 0.29) is 5.88 Å². The van der Waals surface area contributed by atoms with Gasteiger partial charge < -0.3 is 0 Å². The number of halogens is 4. The Labute approximate surface area is 133 Å². The summed E-state index contributed by atoms with van der Waals surface area (Å²) in [6.45, 7) is 0. The molecule has 0 spiro atoms. The molecule has 0 amide bonds. The zero-order valence-electron chi connectivity index (χ0n) is 9.99. The highest BCUT2D eigenvalue weighted by atomic mass is 35.5. The summed E-state index contributed by atoms with van der Waals surface area (Å²) in [5.41, 5.74) is 1.63. The molecule has 0 fully saturated rings. The van der Waals surface area contributed by atoms with E-state index in [1.54, 1.807) is 0 Å². The molecule has 2 rings (SSSR count). The molecule has 19 heavy (non-hydrogen) atoms. The maximum absolute atomic E-state index is 6.83. The van der Waals surface area contributed by atoms with Gasteiger partial charge in [-0.2, -0.15) is 0 Å². The van der Waals surface area contributed by atoms with Crippen LogP contribution in [0.1, 0.15) is 11.1 Å². The Bertz CT molecular complexity index is 483. The molecule has 0 saturated heterocycles. The van der Waals surface area contributed by atoms with E-state index in [4.69, 9.17) is 46.4 Å². The first-order valence-electron chi connectivity index (χ1n) is 5.76. The fourth-order valence-corrected chi connectivity index (χ4v) is 3.04. The molecule has 100 valence electrons. The first-order chi connectivity index (χ1) is 9.02. The molecule has 0 radical (unpaired) electrons. The minimum Gasteiger partial charge on any atom is -0.123 e. The van der Waals surface area contributed by atoms with Crippen LogP contribution in [-0.4, -0.2) is 10.2 Å². The zero-order chi connectivity index (χ0) is 13.9. The van der Waals surface area contributed by atoms with Gasteiger partial charge in [0.1, 0.15) is 4.87 Å². The summed E-state index contributed by atoms with van der Waals surface area (Å²) in [6.07, 6.45) is 0. The third-order valence-corrected chi connectivity index (χ3v) is 5.48. The molecular weight excluding hydrogens is 322 g/mol. The van der Waals surface area contributed by atoms with Crippen LogP contribution in [0.2, 0.25) is 0 Å². The lowest BCUT2D eigenvalue weighted by atomic mass is 9.87. The van der Waals surface area contributed by atoms with Gasteiger partial charge in [-0.3, -0.25) is 0 Å². The van der Waals surface area contributed by atoms with Crippen molar-refractivity contribution in [1.82, 2.24) is 0 Å². The predicted molar refractivity (Wildman–Crippen MR) is 84.7 cm³/mol. The molecule has 0 nitrogen and oxygen atoms in total. The summed E-state index contributed by atoms with van der Waals surface area (Å²) in [4.78, 5) is -1.10. The quantitative estimate of drug-likeness (QED) is 0.640. The Balaban J connectivity index is 2.65. The average molecular weight is 334 g/mol. The highest BCUT2D eigenvalue weighted by Crippen LogP contribution is 2.51. The second kappa shape index (κ2) is 5.93. The molecule has 4 heteroatoms. The van der Waals surface area contributed by atoms with Crippen LogP contribution in [-0.2, 0) is 4.87 Å². The van der Waals surface area contributed by atoms with Crippen molar-refractivity contribution in [2.24, 2.45) is 0 Å². The normalized spacial score (nSPS) is 12.4. The van der Waals surface area contributed by atoms with Gasteiger partial charge in [-0.05, 0) is 11.1 Å². The van der Waals surface area contributed by atoms with Gasteiger partial charge in [0, 0.05) is 0 Å². The van der Waals surface area contributed by atoms with Gasteiger partial charge in [0.2, 0.25) is 0 Å². The fourth-order valence-electron chi connectivity index (χ4n) is 2.02. The van der Waals surface area contributed by atoms with E-state index in [0.717, 1.165) is 11.1 Å². The first kappa shape index (κ1) is 15.0. The largest absolute Gasteiger partial charge is 0.158 e. The topological polar surface area (TPSA) is 0 Å². The highest BCUT2D eigenvalue weighted by Gasteiger charge is 2.50. The highest BCUT2D eigenvalue weighted by molar-refractivity contribution is 6.56. The molecule has 0 aliphatic carbocycles. The van der Waals surface area contributed by atoms with Crippen molar-refractivity contribution in [3.63, 3.8) is 0 Å². The Morgan fingerprint density at radius 3 is 1.37 bits per heavy atom. The van der Waals surface area contributed by atoms with Gasteiger partial charge >= 0.3 is 0 Å². The van der Waals surface area contributed by atoms with Crippen molar-refractivity contribution in [2.45, 2.75) is 9.21 Å².